The Hall–Kier alpha value is -2.99. The summed E-state index contributed by atoms with van der Waals surface area (Å²) in [5, 5.41) is 3.16. The van der Waals surface area contributed by atoms with Crippen molar-refractivity contribution in [2.24, 2.45) is 0 Å². The molecule has 0 bridgehead atoms. The van der Waals surface area contributed by atoms with Crippen LogP contribution < -0.4 is 14.8 Å². The molecule has 0 radical (unpaired) electrons. The lowest BCUT2D eigenvalue weighted by molar-refractivity contribution is -0.142. The molecule has 0 aromatic heterocycles. The Kier molecular flexibility index (Phi) is 7.05. The zero-order valence-electron chi connectivity index (χ0n) is 14.3. The number of nitrogens with one attached hydrogen (secondary N) is 1. The van der Waals surface area contributed by atoms with Crippen LogP contribution in [-0.4, -0.2) is 32.7 Å². The smallest absolute Gasteiger partial charge is 0.331 e. The average Bonchev–Trinajstić information content (AvgIpc) is 2.66. The van der Waals surface area contributed by atoms with Crippen molar-refractivity contribution in [1.29, 1.82) is 0 Å². The SMILES string of the molecule is COc1ccc(/C=C/C(=O)OCC(=O)Nc2ccc(Cl)cc2)c(OC)c1. The van der Waals surface area contributed by atoms with Gasteiger partial charge in [-0.15, -0.1) is 0 Å². The van der Waals surface area contributed by atoms with Gasteiger partial charge in [0.05, 0.1) is 14.2 Å². The third-order valence-corrected chi connectivity index (χ3v) is 3.57. The summed E-state index contributed by atoms with van der Waals surface area (Å²) in [6.45, 7) is -0.397. The number of benzene rings is 2. The second-order valence-electron chi connectivity index (χ2n) is 5.10. The Morgan fingerprint density at radius 1 is 1.08 bits per heavy atom. The molecule has 0 saturated carbocycles. The monoisotopic (exact) mass is 375 g/mol. The number of esters is 1. The summed E-state index contributed by atoms with van der Waals surface area (Å²) in [5.74, 6) is 0.0968. The van der Waals surface area contributed by atoms with Gasteiger partial charge >= 0.3 is 5.97 Å². The second kappa shape index (κ2) is 9.48. The second-order valence-corrected chi connectivity index (χ2v) is 5.54. The van der Waals surface area contributed by atoms with E-state index < -0.39 is 18.5 Å². The van der Waals surface area contributed by atoms with Crippen LogP contribution in [0.3, 0.4) is 0 Å². The predicted octanol–water partition coefficient (Wildman–Crippen LogP) is 3.55. The standard InChI is InChI=1S/C19H18ClNO5/c1-24-16-9-3-13(17(11-16)25-2)4-10-19(23)26-12-18(22)21-15-7-5-14(20)6-8-15/h3-11H,12H2,1-2H3,(H,21,22)/b10-4+. The van der Waals surface area contributed by atoms with Gasteiger partial charge in [-0.3, -0.25) is 4.79 Å². The summed E-state index contributed by atoms with van der Waals surface area (Å²) in [6, 6.07) is 11.8. The Bertz CT molecular complexity index is 802. The number of hydrogen-bond donors (Lipinski definition) is 1. The van der Waals surface area contributed by atoms with Crippen LogP contribution in [0.25, 0.3) is 6.08 Å². The predicted molar refractivity (Wildman–Crippen MR) is 99.6 cm³/mol. The van der Waals surface area contributed by atoms with Crippen molar-refractivity contribution in [3.63, 3.8) is 0 Å². The van der Waals surface area contributed by atoms with Gasteiger partial charge in [0.2, 0.25) is 0 Å². The van der Waals surface area contributed by atoms with E-state index in [9.17, 15) is 9.59 Å². The lowest BCUT2D eigenvalue weighted by Gasteiger charge is -2.07. The van der Waals surface area contributed by atoms with Crippen molar-refractivity contribution in [2.75, 3.05) is 26.1 Å². The summed E-state index contributed by atoms with van der Waals surface area (Å²) in [5.41, 5.74) is 1.24. The van der Waals surface area contributed by atoms with Crippen LogP contribution >= 0.6 is 11.6 Å². The van der Waals surface area contributed by atoms with Crippen molar-refractivity contribution < 1.29 is 23.8 Å². The molecule has 0 heterocycles. The minimum atomic E-state index is -0.644. The minimum absolute atomic E-state index is 0.397. The molecule has 0 spiro atoms. The molecule has 2 aromatic carbocycles. The van der Waals surface area contributed by atoms with Gasteiger partial charge in [0.25, 0.3) is 5.91 Å². The zero-order chi connectivity index (χ0) is 18.9. The van der Waals surface area contributed by atoms with E-state index in [1.807, 2.05) is 0 Å². The fourth-order valence-electron chi connectivity index (χ4n) is 2.03. The average molecular weight is 376 g/mol. The normalized spacial score (nSPS) is 10.4. The first-order valence-electron chi connectivity index (χ1n) is 7.64. The maximum Gasteiger partial charge on any atom is 0.331 e. The molecule has 0 aliphatic heterocycles. The van der Waals surface area contributed by atoms with Gasteiger partial charge in [0.1, 0.15) is 11.5 Å². The topological polar surface area (TPSA) is 73.9 Å². The highest BCUT2D eigenvalue weighted by atomic mass is 35.5. The van der Waals surface area contributed by atoms with E-state index in [0.717, 1.165) is 0 Å². The molecule has 0 aliphatic rings. The molecule has 2 aromatic rings. The maximum atomic E-state index is 11.8. The fourth-order valence-corrected chi connectivity index (χ4v) is 2.16. The fraction of sp³-hybridized carbons (Fsp3) is 0.158. The first kappa shape index (κ1) is 19.3. The molecular formula is C19H18ClNO5. The van der Waals surface area contributed by atoms with Crippen LogP contribution in [-0.2, 0) is 14.3 Å². The van der Waals surface area contributed by atoms with Crippen LogP contribution in [0.15, 0.2) is 48.5 Å². The third kappa shape index (κ3) is 5.82. The Balaban J connectivity index is 1.87. The first-order chi connectivity index (χ1) is 12.5. The van der Waals surface area contributed by atoms with E-state index in [-0.39, 0.29) is 0 Å². The van der Waals surface area contributed by atoms with Crippen LogP contribution in [0.5, 0.6) is 11.5 Å². The maximum absolute atomic E-state index is 11.8. The molecule has 6 nitrogen and oxygen atoms in total. The van der Waals surface area contributed by atoms with Gasteiger partial charge in [0.15, 0.2) is 6.61 Å². The van der Waals surface area contributed by atoms with Gasteiger partial charge in [-0.1, -0.05) is 11.6 Å². The lowest BCUT2D eigenvalue weighted by atomic mass is 10.2. The van der Waals surface area contributed by atoms with Crippen molar-refractivity contribution in [3.05, 3.63) is 59.1 Å². The molecule has 0 fully saturated rings. The number of halogens is 1. The highest BCUT2D eigenvalue weighted by Crippen LogP contribution is 2.25. The molecule has 0 aliphatic carbocycles. The molecule has 0 saturated heterocycles. The Labute approximate surface area is 156 Å². The van der Waals surface area contributed by atoms with Crippen molar-refractivity contribution in [2.45, 2.75) is 0 Å². The van der Waals surface area contributed by atoms with Crippen molar-refractivity contribution in [1.82, 2.24) is 0 Å². The van der Waals surface area contributed by atoms with E-state index in [4.69, 9.17) is 25.8 Å². The van der Waals surface area contributed by atoms with Gasteiger partial charge < -0.3 is 19.5 Å². The number of anilines is 1. The molecule has 26 heavy (non-hydrogen) atoms. The molecule has 136 valence electrons. The van der Waals surface area contributed by atoms with Crippen molar-refractivity contribution >= 4 is 35.2 Å². The van der Waals surface area contributed by atoms with Crippen molar-refractivity contribution in [3.8, 4) is 11.5 Å². The van der Waals surface area contributed by atoms with Crippen LogP contribution in [0.4, 0.5) is 5.69 Å². The number of amides is 1. The summed E-state index contributed by atoms with van der Waals surface area (Å²) in [6.07, 6.45) is 2.76. The Morgan fingerprint density at radius 2 is 1.81 bits per heavy atom. The van der Waals surface area contributed by atoms with E-state index in [1.165, 1.54) is 19.3 Å². The Morgan fingerprint density at radius 3 is 2.46 bits per heavy atom. The summed E-state index contributed by atoms with van der Waals surface area (Å²) in [4.78, 5) is 23.5. The van der Waals surface area contributed by atoms with E-state index in [2.05, 4.69) is 5.32 Å². The highest BCUT2D eigenvalue weighted by Gasteiger charge is 2.07. The summed E-state index contributed by atoms with van der Waals surface area (Å²) in [7, 11) is 3.07. The van der Waals surface area contributed by atoms with Gasteiger partial charge in [0, 0.05) is 28.4 Å². The van der Waals surface area contributed by atoms with Gasteiger partial charge in [-0.05, 0) is 42.5 Å². The van der Waals surface area contributed by atoms with E-state index >= 15 is 0 Å². The molecule has 1 N–H and O–H groups in total. The molecular weight excluding hydrogens is 358 g/mol. The number of rotatable bonds is 7. The quantitative estimate of drug-likeness (QED) is 0.591. The molecule has 0 atom stereocenters. The summed E-state index contributed by atoms with van der Waals surface area (Å²) >= 11 is 5.77. The number of carbonyl (C=O) groups is 2. The van der Waals surface area contributed by atoms with E-state index in [1.54, 1.807) is 49.6 Å². The van der Waals surface area contributed by atoms with Crippen LogP contribution in [0, 0.1) is 0 Å². The number of methoxy groups -OCH3 is 2. The highest BCUT2D eigenvalue weighted by molar-refractivity contribution is 6.30. The zero-order valence-corrected chi connectivity index (χ0v) is 15.1. The third-order valence-electron chi connectivity index (χ3n) is 3.31. The minimum Gasteiger partial charge on any atom is -0.497 e. The number of carbonyl (C=O) groups excluding carboxylic acids is 2. The van der Waals surface area contributed by atoms with Gasteiger partial charge in [-0.25, -0.2) is 4.79 Å². The molecule has 2 rings (SSSR count). The van der Waals surface area contributed by atoms with Crippen LogP contribution in [0.2, 0.25) is 5.02 Å². The number of ether oxygens (including phenoxy) is 3. The molecule has 1 amide bonds. The largest absolute Gasteiger partial charge is 0.497 e. The summed E-state index contributed by atoms with van der Waals surface area (Å²) < 4.78 is 15.3. The molecule has 0 unspecified atom stereocenters. The lowest BCUT2D eigenvalue weighted by Crippen LogP contribution is -2.20. The first-order valence-corrected chi connectivity index (χ1v) is 8.02. The van der Waals surface area contributed by atoms with Crippen LogP contribution in [0.1, 0.15) is 5.56 Å². The van der Waals surface area contributed by atoms with Gasteiger partial charge in [-0.2, -0.15) is 0 Å². The molecule has 7 heteroatoms. The van der Waals surface area contributed by atoms with E-state index in [0.29, 0.717) is 27.8 Å². The number of hydrogen-bond acceptors (Lipinski definition) is 5.